The van der Waals surface area contributed by atoms with E-state index in [1.165, 1.54) is 0 Å². The van der Waals surface area contributed by atoms with Crippen molar-refractivity contribution in [3.05, 3.63) is 64.8 Å². The van der Waals surface area contributed by atoms with Crippen LogP contribution in [-0.2, 0) is 4.74 Å². The summed E-state index contributed by atoms with van der Waals surface area (Å²) >= 11 is 6.13. The number of nitrogens with one attached hydrogen (secondary N) is 3. The van der Waals surface area contributed by atoms with Crippen molar-refractivity contribution < 1.29 is 9.53 Å². The maximum Gasteiger partial charge on any atom is 0.272 e. The van der Waals surface area contributed by atoms with Gasteiger partial charge in [-0.25, -0.2) is 9.97 Å². The average molecular weight is 504 g/mol. The van der Waals surface area contributed by atoms with Crippen LogP contribution in [0.5, 0.6) is 0 Å². The Morgan fingerprint density at radius 1 is 1.29 bits per heavy atom. The minimum absolute atomic E-state index is 0. The lowest BCUT2D eigenvalue weighted by molar-refractivity contribution is 0.0903. The number of ether oxygens (including phenoxy) is 1. The quantitative estimate of drug-likeness (QED) is 0.434. The van der Waals surface area contributed by atoms with Crippen LogP contribution >= 0.6 is 25.1 Å². The number of rotatable bonds is 8. The van der Waals surface area contributed by atoms with E-state index in [9.17, 15) is 4.79 Å². The Labute approximate surface area is 211 Å². The molecule has 4 rings (SSSR count). The molecule has 1 saturated heterocycles. The molecule has 1 aliphatic heterocycles. The number of carbonyl (C=O) groups is 1. The summed E-state index contributed by atoms with van der Waals surface area (Å²) in [6.07, 6.45) is 6.88. The van der Waals surface area contributed by atoms with Crippen LogP contribution in [0.15, 0.2) is 43.0 Å². The van der Waals surface area contributed by atoms with Crippen molar-refractivity contribution in [2.24, 2.45) is 0 Å². The Morgan fingerprint density at radius 3 is 2.82 bits per heavy atom. The molecule has 1 aliphatic rings. The van der Waals surface area contributed by atoms with Crippen LogP contribution in [0, 0.1) is 6.92 Å². The van der Waals surface area contributed by atoms with Gasteiger partial charge in [0.05, 0.1) is 6.04 Å². The molecule has 1 aromatic carbocycles. The van der Waals surface area contributed by atoms with Crippen LogP contribution in [0.3, 0.4) is 0 Å². The maximum absolute atomic E-state index is 12.9. The predicted octanol–water partition coefficient (Wildman–Crippen LogP) is 3.02. The summed E-state index contributed by atoms with van der Waals surface area (Å²) < 4.78 is 7.15. The third-order valence-corrected chi connectivity index (χ3v) is 5.76. The van der Waals surface area contributed by atoms with Crippen LogP contribution in [-0.4, -0.2) is 58.3 Å². The van der Waals surface area contributed by atoms with Gasteiger partial charge < -0.3 is 20.7 Å². The molecule has 2 aromatic heterocycles. The lowest BCUT2D eigenvalue weighted by atomic mass is 10.1. The van der Waals surface area contributed by atoms with Crippen molar-refractivity contribution in [1.29, 1.82) is 0 Å². The van der Waals surface area contributed by atoms with E-state index in [-0.39, 0.29) is 31.5 Å². The number of halogens is 1. The number of aromatic nitrogens is 4. The lowest BCUT2D eigenvalue weighted by Gasteiger charge is -2.23. The fourth-order valence-electron chi connectivity index (χ4n) is 3.76. The van der Waals surface area contributed by atoms with Gasteiger partial charge in [0.25, 0.3) is 5.91 Å². The normalized spacial score (nSPS) is 14.8. The van der Waals surface area contributed by atoms with Gasteiger partial charge in [-0.3, -0.25) is 9.36 Å². The molecule has 1 amide bonds. The van der Waals surface area contributed by atoms with E-state index in [0.29, 0.717) is 29.0 Å². The van der Waals surface area contributed by atoms with E-state index >= 15 is 0 Å². The van der Waals surface area contributed by atoms with E-state index < -0.39 is 0 Å². The summed E-state index contributed by atoms with van der Waals surface area (Å²) in [4.78, 5) is 26.3. The third-order valence-electron chi connectivity index (χ3n) is 5.52. The van der Waals surface area contributed by atoms with Gasteiger partial charge in [-0.1, -0.05) is 23.7 Å². The average Bonchev–Trinajstić information content (AvgIpc) is 3.31. The monoisotopic (exact) mass is 503 g/mol. The smallest absolute Gasteiger partial charge is 0.272 e. The Hall–Kier alpha value is -2.66. The third kappa shape index (κ3) is 6.47. The van der Waals surface area contributed by atoms with Crippen molar-refractivity contribution in [3.63, 3.8) is 0 Å². The number of amides is 1. The van der Waals surface area contributed by atoms with Gasteiger partial charge in [0.1, 0.15) is 17.8 Å². The molecule has 0 radical (unpaired) electrons. The molecular weight excluding hydrogens is 474 g/mol. The van der Waals surface area contributed by atoms with Crippen LogP contribution in [0.1, 0.15) is 40.5 Å². The van der Waals surface area contributed by atoms with Crippen molar-refractivity contribution >= 4 is 37.0 Å². The fraction of sp³-hybridized carbons (Fsp3) is 0.391. The zero-order valence-corrected chi connectivity index (χ0v) is 21.0. The number of hydrogen-bond acceptors (Lipinski definition) is 7. The molecule has 0 saturated carbocycles. The second kappa shape index (κ2) is 12.2. The van der Waals surface area contributed by atoms with Gasteiger partial charge in [0.2, 0.25) is 5.95 Å². The molecular formula is C23H30ClN7O2S. The molecule has 182 valence electrons. The first kappa shape index (κ1) is 26.0. The number of nitrogens with zero attached hydrogens (tertiary/aromatic N) is 4. The zero-order valence-electron chi connectivity index (χ0n) is 19.2. The molecule has 3 aromatic rings. The summed E-state index contributed by atoms with van der Waals surface area (Å²) in [5, 5.41) is 10.1. The molecule has 0 aliphatic carbocycles. The van der Waals surface area contributed by atoms with Gasteiger partial charge in [-0.15, -0.1) is 0 Å². The first-order valence-corrected chi connectivity index (χ1v) is 11.3. The summed E-state index contributed by atoms with van der Waals surface area (Å²) in [7, 11) is 1.84. The molecule has 3 heterocycles. The number of anilines is 1. The van der Waals surface area contributed by atoms with Crippen LogP contribution in [0.4, 0.5) is 5.95 Å². The molecule has 34 heavy (non-hydrogen) atoms. The summed E-state index contributed by atoms with van der Waals surface area (Å²) in [5.74, 6) is 0.950. The predicted molar refractivity (Wildman–Crippen MR) is 137 cm³/mol. The van der Waals surface area contributed by atoms with Crippen molar-refractivity contribution in [2.45, 2.75) is 31.8 Å². The van der Waals surface area contributed by atoms with Crippen LogP contribution in [0.2, 0.25) is 5.02 Å². The first-order chi connectivity index (χ1) is 16.0. The Balaban J connectivity index is 0.00000324. The first-order valence-electron chi connectivity index (χ1n) is 11.0. The number of carbonyl (C=O) groups excluding carboxylic acids is 1. The van der Waals surface area contributed by atoms with E-state index in [1.54, 1.807) is 29.4 Å². The maximum atomic E-state index is 12.9. The van der Waals surface area contributed by atoms with E-state index in [0.717, 1.165) is 37.2 Å². The number of benzene rings is 1. The standard InChI is InChI=1S/C23H28ClN7O2.H2S/c1-15-11-26-23(28-18-6-8-33-9-7-18)30-21(15)31-13-20(27-14-31)22(32)29-19(12-25-2)16-4-3-5-17(24)10-16;/h3-5,10-11,13-14,18-19,25H,6-9,12H2,1-2H3,(H,29,32)(H,26,28,30);1H2/t19-;/m1./s1. The molecule has 1 fully saturated rings. The van der Waals surface area contributed by atoms with Crippen LogP contribution < -0.4 is 16.0 Å². The van der Waals surface area contributed by atoms with Gasteiger partial charge in [0.15, 0.2) is 0 Å². The highest BCUT2D eigenvalue weighted by Gasteiger charge is 2.19. The number of likely N-dealkylation sites (N-methyl/N-ethyl adjacent to an activating group) is 1. The molecule has 1 atom stereocenters. The van der Waals surface area contributed by atoms with Crippen molar-refractivity contribution in [3.8, 4) is 5.82 Å². The van der Waals surface area contributed by atoms with E-state index in [4.69, 9.17) is 16.3 Å². The Bertz CT molecular complexity index is 1100. The fourth-order valence-corrected chi connectivity index (χ4v) is 3.95. The largest absolute Gasteiger partial charge is 0.381 e. The van der Waals surface area contributed by atoms with E-state index in [1.807, 2.05) is 32.2 Å². The molecule has 9 nitrogen and oxygen atoms in total. The summed E-state index contributed by atoms with van der Waals surface area (Å²) in [6.45, 7) is 3.95. The molecule has 11 heteroatoms. The van der Waals surface area contributed by atoms with Gasteiger partial charge in [-0.05, 0) is 44.5 Å². The topological polar surface area (TPSA) is 106 Å². The Morgan fingerprint density at radius 2 is 2.09 bits per heavy atom. The highest BCUT2D eigenvalue weighted by Crippen LogP contribution is 2.19. The molecule has 3 N–H and O–H groups in total. The van der Waals surface area contributed by atoms with Crippen molar-refractivity contribution in [2.75, 3.05) is 32.1 Å². The molecule has 0 bridgehead atoms. The minimum Gasteiger partial charge on any atom is -0.381 e. The number of aryl methyl sites for hydroxylation is 1. The van der Waals surface area contributed by atoms with Gasteiger partial charge in [-0.2, -0.15) is 18.5 Å². The molecule has 0 unspecified atom stereocenters. The SMILES string of the molecule is CNC[C@@H](NC(=O)c1cn(-c2nc(NC3CCOCC3)ncc2C)cn1)c1cccc(Cl)c1.S. The van der Waals surface area contributed by atoms with E-state index in [2.05, 4.69) is 30.9 Å². The number of hydrogen-bond donors (Lipinski definition) is 3. The molecule has 0 spiro atoms. The van der Waals surface area contributed by atoms with Gasteiger partial charge in [0, 0.05) is 48.8 Å². The summed E-state index contributed by atoms with van der Waals surface area (Å²) in [6, 6.07) is 7.49. The van der Waals surface area contributed by atoms with Gasteiger partial charge >= 0.3 is 0 Å². The highest BCUT2D eigenvalue weighted by molar-refractivity contribution is 7.59. The van der Waals surface area contributed by atoms with Crippen molar-refractivity contribution in [1.82, 2.24) is 30.2 Å². The second-order valence-corrected chi connectivity index (χ2v) is 8.47. The lowest BCUT2D eigenvalue weighted by Crippen LogP contribution is -2.34. The second-order valence-electron chi connectivity index (χ2n) is 8.04. The number of imidazole rings is 1. The minimum atomic E-state index is -0.277. The highest BCUT2D eigenvalue weighted by atomic mass is 35.5. The van der Waals surface area contributed by atoms with Crippen LogP contribution in [0.25, 0.3) is 5.82 Å². The Kier molecular flexibility index (Phi) is 9.28. The zero-order chi connectivity index (χ0) is 23.2. The summed E-state index contributed by atoms with van der Waals surface area (Å²) in [5.41, 5.74) is 2.10.